The fourth-order valence-electron chi connectivity index (χ4n) is 1.01. The average Bonchev–Trinajstić information content (AvgIpc) is 1.99. The van der Waals surface area contributed by atoms with E-state index < -0.39 is 8.56 Å². The van der Waals surface area contributed by atoms with Crippen molar-refractivity contribution in [2.75, 3.05) is 0 Å². The van der Waals surface area contributed by atoms with E-state index in [4.69, 9.17) is 0 Å². The molecule has 0 aliphatic heterocycles. The summed E-state index contributed by atoms with van der Waals surface area (Å²) >= 11 is 0. The van der Waals surface area contributed by atoms with E-state index in [0.29, 0.717) is 12.1 Å². The van der Waals surface area contributed by atoms with Crippen molar-refractivity contribution >= 4 is 8.56 Å². The van der Waals surface area contributed by atoms with Gasteiger partial charge in [0.2, 0.25) is 0 Å². The molecule has 0 fully saturated rings. The predicted molar refractivity (Wildman–Crippen MR) is 49.6 cm³/mol. The lowest BCUT2D eigenvalue weighted by atomic mass is 10.2. The van der Waals surface area contributed by atoms with E-state index in [1.807, 2.05) is 6.92 Å². The zero-order valence-electron chi connectivity index (χ0n) is 7.64. The first-order valence-electron chi connectivity index (χ1n) is 4.57. The standard InChI is InChI=1S/C8H20O2Si/c1-3-5-6-7-8-11(9,10)4-2/h9-10H,3-8H2,1-2H3. The van der Waals surface area contributed by atoms with E-state index in [9.17, 15) is 9.59 Å². The molecule has 0 aromatic heterocycles. The third kappa shape index (κ3) is 6.53. The molecule has 68 valence electrons. The number of hydrogen-bond acceptors (Lipinski definition) is 2. The summed E-state index contributed by atoms with van der Waals surface area (Å²) in [7, 11) is -2.73. The van der Waals surface area contributed by atoms with E-state index in [2.05, 4.69) is 6.92 Å². The molecule has 0 spiro atoms. The minimum Gasteiger partial charge on any atom is -0.411 e. The highest BCUT2D eigenvalue weighted by atomic mass is 28.4. The van der Waals surface area contributed by atoms with Crippen LogP contribution in [0.3, 0.4) is 0 Å². The highest BCUT2D eigenvalue weighted by Crippen LogP contribution is 2.13. The summed E-state index contributed by atoms with van der Waals surface area (Å²) in [6.45, 7) is 4.01. The topological polar surface area (TPSA) is 40.5 Å². The zero-order valence-corrected chi connectivity index (χ0v) is 8.64. The molecule has 0 amide bonds. The number of rotatable bonds is 6. The second-order valence-electron chi connectivity index (χ2n) is 3.15. The minimum atomic E-state index is -2.73. The van der Waals surface area contributed by atoms with E-state index >= 15 is 0 Å². The molecule has 0 aliphatic rings. The third-order valence-corrected chi connectivity index (χ3v) is 4.28. The second kappa shape index (κ2) is 5.74. The van der Waals surface area contributed by atoms with Crippen molar-refractivity contribution in [3.8, 4) is 0 Å². The van der Waals surface area contributed by atoms with Crippen molar-refractivity contribution in [1.82, 2.24) is 0 Å². The minimum absolute atomic E-state index is 0.569. The van der Waals surface area contributed by atoms with Crippen molar-refractivity contribution < 1.29 is 9.59 Å². The van der Waals surface area contributed by atoms with Crippen LogP contribution in [0.2, 0.25) is 12.1 Å². The van der Waals surface area contributed by atoms with Gasteiger partial charge in [-0.15, -0.1) is 0 Å². The summed E-state index contributed by atoms with van der Waals surface area (Å²) in [5, 5.41) is 0. The van der Waals surface area contributed by atoms with Gasteiger partial charge in [-0.3, -0.25) is 0 Å². The first kappa shape index (κ1) is 11.1. The van der Waals surface area contributed by atoms with Crippen LogP contribution in [0.4, 0.5) is 0 Å². The molecule has 2 nitrogen and oxygen atoms in total. The highest BCUT2D eigenvalue weighted by Gasteiger charge is 2.24. The normalized spacial score (nSPS) is 12.0. The molecule has 0 aliphatic carbocycles. The Morgan fingerprint density at radius 1 is 1.00 bits per heavy atom. The van der Waals surface area contributed by atoms with Gasteiger partial charge >= 0.3 is 8.56 Å². The van der Waals surface area contributed by atoms with Gasteiger partial charge in [-0.2, -0.15) is 0 Å². The Bertz CT molecular complexity index is 94.1. The second-order valence-corrected chi connectivity index (χ2v) is 6.32. The van der Waals surface area contributed by atoms with Crippen molar-refractivity contribution in [1.29, 1.82) is 0 Å². The van der Waals surface area contributed by atoms with Crippen molar-refractivity contribution in [3.63, 3.8) is 0 Å². The van der Waals surface area contributed by atoms with Crippen LogP contribution in [0.1, 0.15) is 39.5 Å². The molecule has 0 unspecified atom stereocenters. The summed E-state index contributed by atoms with van der Waals surface area (Å²) in [5.74, 6) is 0. The fraction of sp³-hybridized carbons (Fsp3) is 1.00. The lowest BCUT2D eigenvalue weighted by Crippen LogP contribution is -2.32. The van der Waals surface area contributed by atoms with Crippen LogP contribution in [0.15, 0.2) is 0 Å². The van der Waals surface area contributed by atoms with Crippen LogP contribution >= 0.6 is 0 Å². The van der Waals surface area contributed by atoms with Crippen LogP contribution in [0, 0.1) is 0 Å². The predicted octanol–water partition coefficient (Wildman–Crippen LogP) is 2.01. The maximum absolute atomic E-state index is 9.32. The van der Waals surface area contributed by atoms with Crippen molar-refractivity contribution in [3.05, 3.63) is 0 Å². The van der Waals surface area contributed by atoms with Crippen LogP contribution in [0.5, 0.6) is 0 Å². The van der Waals surface area contributed by atoms with Gasteiger partial charge in [0, 0.05) is 0 Å². The van der Waals surface area contributed by atoms with Gasteiger partial charge in [-0.25, -0.2) is 0 Å². The molecule has 0 bridgehead atoms. The summed E-state index contributed by atoms with van der Waals surface area (Å²) in [6, 6.07) is 1.22. The summed E-state index contributed by atoms with van der Waals surface area (Å²) in [5.41, 5.74) is 0. The largest absolute Gasteiger partial charge is 0.411 e. The van der Waals surface area contributed by atoms with Gasteiger partial charge in [-0.05, 0) is 12.1 Å². The molecule has 11 heavy (non-hydrogen) atoms. The lowest BCUT2D eigenvalue weighted by Gasteiger charge is -2.14. The monoisotopic (exact) mass is 176 g/mol. The Balaban J connectivity index is 3.23. The summed E-state index contributed by atoms with van der Waals surface area (Å²) in [6.07, 6.45) is 4.55. The van der Waals surface area contributed by atoms with Crippen molar-refractivity contribution in [2.45, 2.75) is 51.6 Å². The van der Waals surface area contributed by atoms with Gasteiger partial charge < -0.3 is 9.59 Å². The van der Waals surface area contributed by atoms with Gasteiger partial charge in [0.15, 0.2) is 0 Å². The van der Waals surface area contributed by atoms with Crippen LogP contribution < -0.4 is 0 Å². The van der Waals surface area contributed by atoms with Gasteiger partial charge in [0.1, 0.15) is 0 Å². The van der Waals surface area contributed by atoms with Crippen LogP contribution in [-0.2, 0) is 0 Å². The SMILES string of the molecule is CCCCCC[Si](O)(O)CC. The van der Waals surface area contributed by atoms with E-state index in [0.717, 1.165) is 12.8 Å². The first-order chi connectivity index (χ1) is 5.12. The quantitative estimate of drug-likeness (QED) is 0.480. The molecule has 2 N–H and O–H groups in total. The molecule has 0 aromatic rings. The zero-order chi connectivity index (χ0) is 8.74. The van der Waals surface area contributed by atoms with Gasteiger partial charge in [-0.1, -0.05) is 39.5 Å². The molecule has 0 radical (unpaired) electrons. The van der Waals surface area contributed by atoms with Crippen molar-refractivity contribution in [2.24, 2.45) is 0 Å². The van der Waals surface area contributed by atoms with Gasteiger partial charge in [0.25, 0.3) is 0 Å². The molecule has 0 saturated heterocycles. The third-order valence-electron chi connectivity index (χ3n) is 2.00. The molecule has 0 saturated carbocycles. The Hall–Kier alpha value is 0.137. The molecule has 0 aromatic carbocycles. The Morgan fingerprint density at radius 3 is 2.09 bits per heavy atom. The number of hydrogen-bond donors (Lipinski definition) is 2. The summed E-state index contributed by atoms with van der Waals surface area (Å²) in [4.78, 5) is 18.6. The molecule has 3 heteroatoms. The Kier molecular flexibility index (Phi) is 5.82. The smallest absolute Gasteiger partial charge is 0.332 e. The van der Waals surface area contributed by atoms with Gasteiger partial charge in [0.05, 0.1) is 0 Å². The molecule has 0 atom stereocenters. The summed E-state index contributed by atoms with van der Waals surface area (Å²) < 4.78 is 0. The number of unbranched alkanes of at least 4 members (excludes halogenated alkanes) is 3. The maximum atomic E-state index is 9.32. The van der Waals surface area contributed by atoms with E-state index in [-0.39, 0.29) is 0 Å². The van der Waals surface area contributed by atoms with E-state index in [1.54, 1.807) is 0 Å². The Labute approximate surface area is 70.5 Å². The first-order valence-corrected chi connectivity index (χ1v) is 6.88. The lowest BCUT2D eigenvalue weighted by molar-refractivity contribution is 0.356. The van der Waals surface area contributed by atoms with Crippen LogP contribution in [-0.4, -0.2) is 18.2 Å². The molecule has 0 rings (SSSR count). The Morgan fingerprint density at radius 2 is 1.64 bits per heavy atom. The average molecular weight is 176 g/mol. The fourth-order valence-corrected chi connectivity index (χ4v) is 2.18. The highest BCUT2D eigenvalue weighted by molar-refractivity contribution is 6.64. The molecular weight excluding hydrogens is 156 g/mol. The maximum Gasteiger partial charge on any atom is 0.332 e. The van der Waals surface area contributed by atoms with E-state index in [1.165, 1.54) is 12.8 Å². The molecule has 0 heterocycles. The van der Waals surface area contributed by atoms with Crippen LogP contribution in [0.25, 0.3) is 0 Å². The molecular formula is C8H20O2Si.